The van der Waals surface area contributed by atoms with E-state index in [-0.39, 0.29) is 6.10 Å². The van der Waals surface area contributed by atoms with Crippen molar-refractivity contribution in [2.24, 2.45) is 0 Å². The number of benzene rings is 2. The topological polar surface area (TPSA) is 21.3 Å². The number of rotatable bonds is 4. The molecule has 3 heteroatoms. The molecule has 2 aromatic carbocycles. The fourth-order valence-electron chi connectivity index (χ4n) is 2.81. The molecular weight excluding hydrogens is 326 g/mol. The van der Waals surface area contributed by atoms with Gasteiger partial charge in [0.25, 0.3) is 0 Å². The van der Waals surface area contributed by atoms with Crippen molar-refractivity contribution in [2.75, 3.05) is 6.54 Å². The van der Waals surface area contributed by atoms with Crippen LogP contribution in [0.25, 0.3) is 0 Å². The third kappa shape index (κ3) is 3.30. The lowest BCUT2D eigenvalue weighted by molar-refractivity contribution is 0.222. The number of hydrogen-bond acceptors (Lipinski definition) is 2. The Bertz CT molecular complexity index is 641. The van der Waals surface area contributed by atoms with E-state index >= 15 is 0 Å². The number of aryl methyl sites for hydroxylation is 1. The Morgan fingerprint density at radius 3 is 2.90 bits per heavy atom. The Labute approximate surface area is 134 Å². The zero-order valence-corrected chi connectivity index (χ0v) is 14.0. The Balaban J connectivity index is 1.59. The van der Waals surface area contributed by atoms with Crippen molar-refractivity contribution in [3.05, 3.63) is 63.6 Å². The predicted molar refractivity (Wildman–Crippen MR) is 89.9 cm³/mol. The van der Waals surface area contributed by atoms with E-state index in [4.69, 9.17) is 4.74 Å². The minimum absolute atomic E-state index is 0.228. The molecule has 1 aliphatic rings. The molecule has 0 saturated carbocycles. The summed E-state index contributed by atoms with van der Waals surface area (Å²) in [5.41, 5.74) is 3.91. The number of ether oxygens (including phenoxy) is 1. The molecule has 0 fully saturated rings. The average molecular weight is 346 g/mol. The highest BCUT2D eigenvalue weighted by Crippen LogP contribution is 2.29. The standard InChI is InChI=1S/C18H20BrNO/c1-12-7-8-18-14(9-12)10-15(21-18)11-20-13(2)16-5-3-4-6-17(16)19/h3-9,13,15,20H,10-11H2,1-2H3/t13-,15?/m0/s1. The average Bonchev–Trinajstić information content (AvgIpc) is 2.87. The molecular formula is C18H20BrNO. The van der Waals surface area contributed by atoms with Crippen LogP contribution in [0.15, 0.2) is 46.9 Å². The number of halogens is 1. The minimum Gasteiger partial charge on any atom is -0.488 e. The molecule has 0 saturated heterocycles. The van der Waals surface area contributed by atoms with E-state index in [0.717, 1.165) is 23.2 Å². The summed E-state index contributed by atoms with van der Waals surface area (Å²) in [6, 6.07) is 15.1. The molecule has 3 rings (SSSR count). The van der Waals surface area contributed by atoms with Crippen molar-refractivity contribution in [1.29, 1.82) is 0 Å². The lowest BCUT2D eigenvalue weighted by atomic mass is 10.1. The molecule has 2 aromatic rings. The maximum atomic E-state index is 6.00. The van der Waals surface area contributed by atoms with Crippen molar-refractivity contribution >= 4 is 15.9 Å². The molecule has 0 radical (unpaired) electrons. The van der Waals surface area contributed by atoms with E-state index in [0.29, 0.717) is 6.04 Å². The first-order valence-electron chi connectivity index (χ1n) is 7.37. The number of nitrogens with one attached hydrogen (secondary N) is 1. The van der Waals surface area contributed by atoms with Gasteiger partial charge in [0.05, 0.1) is 0 Å². The van der Waals surface area contributed by atoms with Gasteiger partial charge in [0.15, 0.2) is 0 Å². The first-order chi connectivity index (χ1) is 10.1. The molecule has 0 aromatic heterocycles. The first-order valence-corrected chi connectivity index (χ1v) is 8.17. The Morgan fingerprint density at radius 1 is 1.29 bits per heavy atom. The highest BCUT2D eigenvalue weighted by molar-refractivity contribution is 9.10. The molecule has 0 bridgehead atoms. The van der Waals surface area contributed by atoms with Crippen LogP contribution >= 0.6 is 15.9 Å². The van der Waals surface area contributed by atoms with Crippen LogP contribution in [-0.4, -0.2) is 12.6 Å². The SMILES string of the molecule is Cc1ccc2c(c1)CC(CN[C@@H](C)c1ccccc1Br)O2. The van der Waals surface area contributed by atoms with E-state index in [1.54, 1.807) is 0 Å². The molecule has 0 spiro atoms. The van der Waals surface area contributed by atoms with Crippen LogP contribution in [0.4, 0.5) is 0 Å². The zero-order valence-electron chi connectivity index (χ0n) is 12.4. The van der Waals surface area contributed by atoms with E-state index in [1.165, 1.54) is 16.7 Å². The van der Waals surface area contributed by atoms with Crippen LogP contribution in [0.2, 0.25) is 0 Å². The fraction of sp³-hybridized carbons (Fsp3) is 0.333. The molecule has 110 valence electrons. The Kier molecular flexibility index (Phi) is 4.32. The summed E-state index contributed by atoms with van der Waals surface area (Å²) in [6.07, 6.45) is 1.22. The van der Waals surface area contributed by atoms with Gasteiger partial charge in [-0.25, -0.2) is 0 Å². The van der Waals surface area contributed by atoms with Crippen LogP contribution in [-0.2, 0) is 6.42 Å². The largest absolute Gasteiger partial charge is 0.488 e. The van der Waals surface area contributed by atoms with E-state index in [1.807, 2.05) is 6.07 Å². The Morgan fingerprint density at radius 2 is 2.10 bits per heavy atom. The van der Waals surface area contributed by atoms with Gasteiger partial charge in [-0.15, -0.1) is 0 Å². The second kappa shape index (κ2) is 6.20. The first kappa shape index (κ1) is 14.6. The van der Waals surface area contributed by atoms with Gasteiger partial charge < -0.3 is 10.1 Å². The van der Waals surface area contributed by atoms with Crippen LogP contribution in [0.5, 0.6) is 5.75 Å². The molecule has 1 aliphatic heterocycles. The van der Waals surface area contributed by atoms with Gasteiger partial charge in [-0.05, 0) is 37.1 Å². The molecule has 1 unspecified atom stereocenters. The minimum atomic E-state index is 0.228. The van der Waals surface area contributed by atoms with E-state index in [9.17, 15) is 0 Å². The van der Waals surface area contributed by atoms with Gasteiger partial charge in [-0.3, -0.25) is 0 Å². The zero-order chi connectivity index (χ0) is 14.8. The lowest BCUT2D eigenvalue weighted by Gasteiger charge is -2.18. The predicted octanol–water partition coefficient (Wildman–Crippen LogP) is 4.41. The van der Waals surface area contributed by atoms with Crippen LogP contribution < -0.4 is 10.1 Å². The van der Waals surface area contributed by atoms with E-state index < -0.39 is 0 Å². The van der Waals surface area contributed by atoms with Gasteiger partial charge in [0.1, 0.15) is 11.9 Å². The summed E-state index contributed by atoms with van der Waals surface area (Å²) in [7, 11) is 0. The van der Waals surface area contributed by atoms with Crippen LogP contribution in [0.3, 0.4) is 0 Å². The van der Waals surface area contributed by atoms with Gasteiger partial charge in [-0.2, -0.15) is 0 Å². The van der Waals surface area contributed by atoms with E-state index in [2.05, 4.69) is 71.5 Å². The van der Waals surface area contributed by atoms with Crippen molar-refractivity contribution in [3.63, 3.8) is 0 Å². The van der Waals surface area contributed by atoms with Gasteiger partial charge in [0, 0.05) is 23.5 Å². The summed E-state index contributed by atoms with van der Waals surface area (Å²) < 4.78 is 7.15. The third-order valence-electron chi connectivity index (χ3n) is 3.98. The van der Waals surface area contributed by atoms with Crippen molar-refractivity contribution < 1.29 is 4.74 Å². The smallest absolute Gasteiger partial charge is 0.123 e. The fourth-order valence-corrected chi connectivity index (χ4v) is 3.44. The lowest BCUT2D eigenvalue weighted by Crippen LogP contribution is -2.32. The second-order valence-electron chi connectivity index (χ2n) is 5.71. The quantitative estimate of drug-likeness (QED) is 0.885. The third-order valence-corrected chi connectivity index (χ3v) is 4.70. The molecule has 0 aliphatic carbocycles. The molecule has 1 N–H and O–H groups in total. The maximum absolute atomic E-state index is 6.00. The Hall–Kier alpha value is -1.32. The number of fused-ring (bicyclic) bond motifs is 1. The molecule has 21 heavy (non-hydrogen) atoms. The van der Waals surface area contributed by atoms with Gasteiger partial charge >= 0.3 is 0 Å². The second-order valence-corrected chi connectivity index (χ2v) is 6.56. The monoisotopic (exact) mass is 345 g/mol. The summed E-state index contributed by atoms with van der Waals surface area (Å²) in [6.45, 7) is 5.17. The van der Waals surface area contributed by atoms with Gasteiger partial charge in [-0.1, -0.05) is 51.8 Å². The van der Waals surface area contributed by atoms with Crippen LogP contribution in [0.1, 0.15) is 29.7 Å². The molecule has 2 atom stereocenters. The highest BCUT2D eigenvalue weighted by Gasteiger charge is 2.23. The van der Waals surface area contributed by atoms with Crippen molar-refractivity contribution in [2.45, 2.75) is 32.4 Å². The summed E-state index contributed by atoms with van der Waals surface area (Å²) in [5, 5.41) is 3.58. The summed E-state index contributed by atoms with van der Waals surface area (Å²) >= 11 is 3.61. The molecule has 1 heterocycles. The maximum Gasteiger partial charge on any atom is 0.123 e. The normalized spacial score (nSPS) is 18.1. The van der Waals surface area contributed by atoms with Gasteiger partial charge in [0.2, 0.25) is 0 Å². The summed E-state index contributed by atoms with van der Waals surface area (Å²) in [5.74, 6) is 1.04. The molecule has 0 amide bonds. The number of hydrogen-bond donors (Lipinski definition) is 1. The van der Waals surface area contributed by atoms with Crippen molar-refractivity contribution in [1.82, 2.24) is 5.32 Å². The molecule has 2 nitrogen and oxygen atoms in total. The highest BCUT2D eigenvalue weighted by atomic mass is 79.9. The van der Waals surface area contributed by atoms with Crippen LogP contribution in [0, 0.1) is 6.92 Å². The summed E-state index contributed by atoms with van der Waals surface area (Å²) in [4.78, 5) is 0. The van der Waals surface area contributed by atoms with Crippen molar-refractivity contribution in [3.8, 4) is 5.75 Å².